The Labute approximate surface area is 201 Å². The molecule has 0 aliphatic carbocycles. The van der Waals surface area contributed by atoms with Crippen LogP contribution in [-0.2, 0) is 16.1 Å². The Hall–Kier alpha value is -4.47. The van der Waals surface area contributed by atoms with Crippen LogP contribution in [0.5, 0.6) is 5.75 Å². The van der Waals surface area contributed by atoms with E-state index in [4.69, 9.17) is 4.74 Å². The van der Waals surface area contributed by atoms with E-state index < -0.39 is 22.7 Å². The smallest absolute Gasteiger partial charge is 0.295 e. The zero-order valence-electron chi connectivity index (χ0n) is 19.0. The van der Waals surface area contributed by atoms with Gasteiger partial charge in [-0.15, -0.1) is 0 Å². The molecule has 0 radical (unpaired) electrons. The van der Waals surface area contributed by atoms with E-state index in [0.29, 0.717) is 36.4 Å². The Morgan fingerprint density at radius 2 is 1.97 bits per heavy atom. The molecule has 0 saturated carbocycles. The molecular formula is C25H24N4O6. The van der Waals surface area contributed by atoms with E-state index in [-0.39, 0.29) is 23.6 Å². The first kappa shape index (κ1) is 23.7. The lowest BCUT2D eigenvalue weighted by Crippen LogP contribution is -2.31. The van der Waals surface area contributed by atoms with Gasteiger partial charge >= 0.3 is 0 Å². The maximum Gasteiger partial charge on any atom is 0.295 e. The van der Waals surface area contributed by atoms with E-state index in [9.17, 15) is 24.8 Å². The summed E-state index contributed by atoms with van der Waals surface area (Å²) < 4.78 is 7.34. The first-order chi connectivity index (χ1) is 16.9. The van der Waals surface area contributed by atoms with Crippen molar-refractivity contribution >= 4 is 23.1 Å². The van der Waals surface area contributed by atoms with Gasteiger partial charge in [0, 0.05) is 43.2 Å². The number of amides is 1. The van der Waals surface area contributed by atoms with Crippen molar-refractivity contribution < 1.29 is 24.4 Å². The van der Waals surface area contributed by atoms with Gasteiger partial charge in [0.2, 0.25) is 0 Å². The van der Waals surface area contributed by atoms with Crippen LogP contribution < -0.4 is 4.74 Å². The minimum atomic E-state index is -0.978. The van der Waals surface area contributed by atoms with Crippen LogP contribution in [0.4, 0.5) is 5.69 Å². The standard InChI is InChI=1S/C25H24N4O6/c1-2-35-20-9-4-7-18(15-20)23(30)21-22(17-6-3-8-19(14-17)29(33)34)28(25(32)24(21)31)12-5-11-27-13-10-26-16-27/h3-4,6-10,13-16,22,30H,2,5,11-12H2,1H3. The number of carbonyl (C=O) groups is 2. The molecule has 4 rings (SSSR count). The summed E-state index contributed by atoms with van der Waals surface area (Å²) in [5, 5.41) is 22.6. The van der Waals surface area contributed by atoms with Crippen LogP contribution in [0, 0.1) is 10.1 Å². The largest absolute Gasteiger partial charge is 0.507 e. The third-order valence-corrected chi connectivity index (χ3v) is 5.73. The molecule has 0 bridgehead atoms. The molecule has 3 aromatic rings. The van der Waals surface area contributed by atoms with Crippen LogP contribution in [0.2, 0.25) is 0 Å². The number of aromatic nitrogens is 2. The number of imidazole rings is 1. The minimum Gasteiger partial charge on any atom is -0.507 e. The Bertz CT molecular complexity index is 1280. The number of aliphatic hydroxyl groups is 1. The highest BCUT2D eigenvalue weighted by atomic mass is 16.6. The fourth-order valence-corrected chi connectivity index (χ4v) is 4.16. The maximum absolute atomic E-state index is 13.1. The van der Waals surface area contributed by atoms with Gasteiger partial charge in [-0.05, 0) is 31.0 Å². The van der Waals surface area contributed by atoms with E-state index in [0.717, 1.165) is 0 Å². The Balaban J connectivity index is 1.77. The van der Waals surface area contributed by atoms with Crippen LogP contribution in [0.3, 0.4) is 0 Å². The van der Waals surface area contributed by atoms with Gasteiger partial charge in [0.1, 0.15) is 11.5 Å². The molecular weight excluding hydrogens is 452 g/mol. The molecule has 0 spiro atoms. The monoisotopic (exact) mass is 476 g/mol. The summed E-state index contributed by atoms with van der Waals surface area (Å²) in [6.07, 6.45) is 5.59. The van der Waals surface area contributed by atoms with Crippen molar-refractivity contribution in [3.63, 3.8) is 0 Å². The Morgan fingerprint density at radius 1 is 1.17 bits per heavy atom. The minimum absolute atomic E-state index is 0.119. The predicted molar refractivity (Wildman–Crippen MR) is 127 cm³/mol. The number of likely N-dealkylation sites (tertiary alicyclic amines) is 1. The molecule has 1 saturated heterocycles. The van der Waals surface area contributed by atoms with Gasteiger partial charge in [0.05, 0.1) is 29.5 Å². The third-order valence-electron chi connectivity index (χ3n) is 5.73. The maximum atomic E-state index is 13.1. The number of non-ortho nitro benzene ring substituents is 1. The topological polar surface area (TPSA) is 128 Å². The van der Waals surface area contributed by atoms with Crippen molar-refractivity contribution in [3.8, 4) is 5.75 Å². The normalized spacial score (nSPS) is 17.1. The van der Waals surface area contributed by atoms with Crippen molar-refractivity contribution in [1.29, 1.82) is 0 Å². The fourth-order valence-electron chi connectivity index (χ4n) is 4.16. The van der Waals surface area contributed by atoms with Crippen LogP contribution in [0.25, 0.3) is 5.76 Å². The number of ether oxygens (including phenoxy) is 1. The number of ketones is 1. The molecule has 1 unspecified atom stereocenters. The van der Waals surface area contributed by atoms with E-state index in [1.54, 1.807) is 49.1 Å². The van der Waals surface area contributed by atoms with Crippen LogP contribution in [-0.4, -0.2) is 49.3 Å². The van der Waals surface area contributed by atoms with Crippen molar-refractivity contribution in [2.24, 2.45) is 0 Å². The van der Waals surface area contributed by atoms with E-state index in [2.05, 4.69) is 4.98 Å². The summed E-state index contributed by atoms with van der Waals surface area (Å²) in [6.45, 7) is 3.00. The molecule has 180 valence electrons. The second-order valence-corrected chi connectivity index (χ2v) is 7.96. The van der Waals surface area contributed by atoms with Gasteiger partial charge in [-0.1, -0.05) is 24.3 Å². The summed E-state index contributed by atoms with van der Waals surface area (Å²) in [7, 11) is 0. The van der Waals surface area contributed by atoms with Gasteiger partial charge in [-0.2, -0.15) is 0 Å². The number of carbonyl (C=O) groups excluding carboxylic acids is 2. The predicted octanol–water partition coefficient (Wildman–Crippen LogP) is 3.70. The summed E-state index contributed by atoms with van der Waals surface area (Å²) in [5.41, 5.74) is 0.378. The van der Waals surface area contributed by atoms with Crippen molar-refractivity contribution in [2.45, 2.75) is 25.9 Å². The number of aryl methyl sites for hydroxylation is 1. The van der Waals surface area contributed by atoms with Gasteiger partial charge in [0.15, 0.2) is 0 Å². The van der Waals surface area contributed by atoms with Crippen LogP contribution >= 0.6 is 0 Å². The molecule has 1 aromatic heterocycles. The van der Waals surface area contributed by atoms with Gasteiger partial charge in [0.25, 0.3) is 17.4 Å². The summed E-state index contributed by atoms with van der Waals surface area (Å²) in [5.74, 6) is -1.48. The number of hydrogen-bond donors (Lipinski definition) is 1. The van der Waals surface area contributed by atoms with E-state index in [1.807, 2.05) is 11.5 Å². The third kappa shape index (κ3) is 4.91. The van der Waals surface area contributed by atoms with Gasteiger partial charge in [-0.3, -0.25) is 19.7 Å². The molecule has 1 atom stereocenters. The van der Waals surface area contributed by atoms with Crippen molar-refractivity contribution in [3.05, 3.63) is 94.1 Å². The first-order valence-electron chi connectivity index (χ1n) is 11.1. The number of hydrogen-bond acceptors (Lipinski definition) is 7. The number of benzene rings is 2. The lowest BCUT2D eigenvalue weighted by atomic mass is 9.95. The zero-order chi connectivity index (χ0) is 24.9. The molecule has 1 amide bonds. The molecule has 10 heteroatoms. The highest BCUT2D eigenvalue weighted by Gasteiger charge is 2.46. The number of aliphatic hydroxyl groups excluding tert-OH is 1. The Kier molecular flexibility index (Phi) is 6.91. The van der Waals surface area contributed by atoms with Crippen LogP contribution in [0.15, 0.2) is 72.8 Å². The Morgan fingerprint density at radius 3 is 2.69 bits per heavy atom. The lowest BCUT2D eigenvalue weighted by molar-refractivity contribution is -0.384. The average molecular weight is 476 g/mol. The van der Waals surface area contributed by atoms with Crippen molar-refractivity contribution in [1.82, 2.24) is 14.5 Å². The second-order valence-electron chi connectivity index (χ2n) is 7.96. The number of Topliss-reactive ketones (excluding diaryl/α,β-unsaturated/α-hetero) is 1. The second kappa shape index (κ2) is 10.2. The highest BCUT2D eigenvalue weighted by molar-refractivity contribution is 6.46. The molecule has 1 fully saturated rings. The highest BCUT2D eigenvalue weighted by Crippen LogP contribution is 2.40. The molecule has 10 nitrogen and oxygen atoms in total. The van der Waals surface area contributed by atoms with Gasteiger partial charge < -0.3 is 19.3 Å². The van der Waals surface area contributed by atoms with Gasteiger partial charge in [-0.25, -0.2) is 4.98 Å². The SMILES string of the molecule is CCOc1cccc(C(O)=C2C(=O)C(=O)N(CCCn3ccnc3)C2c2cccc([N+](=O)[O-])c2)c1. The molecule has 2 heterocycles. The summed E-state index contributed by atoms with van der Waals surface area (Å²) >= 11 is 0. The molecule has 1 aliphatic heterocycles. The number of rotatable bonds is 9. The quantitative estimate of drug-likeness (QED) is 0.164. The molecule has 35 heavy (non-hydrogen) atoms. The van der Waals surface area contributed by atoms with E-state index in [1.165, 1.54) is 23.1 Å². The number of nitrogens with zero attached hydrogens (tertiary/aromatic N) is 4. The first-order valence-corrected chi connectivity index (χ1v) is 11.1. The number of nitro benzene ring substituents is 1. The van der Waals surface area contributed by atoms with Crippen molar-refractivity contribution in [2.75, 3.05) is 13.2 Å². The summed E-state index contributed by atoms with van der Waals surface area (Å²) in [4.78, 5) is 42.4. The van der Waals surface area contributed by atoms with E-state index >= 15 is 0 Å². The molecule has 1 aliphatic rings. The fraction of sp³-hybridized carbons (Fsp3) is 0.240. The van der Waals surface area contributed by atoms with Crippen LogP contribution in [0.1, 0.15) is 30.5 Å². The lowest BCUT2D eigenvalue weighted by Gasteiger charge is -2.25. The zero-order valence-corrected chi connectivity index (χ0v) is 19.0. The molecule has 2 aromatic carbocycles. The summed E-state index contributed by atoms with van der Waals surface area (Å²) in [6, 6.07) is 11.4. The molecule has 1 N–H and O–H groups in total. The number of nitro groups is 1. The average Bonchev–Trinajstić information content (AvgIpc) is 3.46.